The molecule has 2 unspecified atom stereocenters. The minimum Gasteiger partial charge on any atom is -0.395 e. The Labute approximate surface area is 416 Å². The lowest BCUT2D eigenvalue weighted by Gasteiger charge is -2.42. The number of carbonyl (C=O) groups excluding carboxylic acids is 3. The van der Waals surface area contributed by atoms with E-state index in [-0.39, 0.29) is 36.4 Å². The van der Waals surface area contributed by atoms with Crippen LogP contribution in [0.2, 0.25) is 0 Å². The van der Waals surface area contributed by atoms with Crippen molar-refractivity contribution in [2.45, 2.75) is 102 Å². The number of aryl methyl sites for hydroxylation is 2. The minimum absolute atomic E-state index is 0.0607. The van der Waals surface area contributed by atoms with Crippen molar-refractivity contribution >= 4 is 45.5 Å². The molecular formula is C56H70N10O5. The Bertz CT molecular complexity index is 2940. The highest BCUT2D eigenvalue weighted by molar-refractivity contribution is 6.00. The molecule has 6 aromatic rings. The first kappa shape index (κ1) is 48.6. The van der Waals surface area contributed by atoms with Gasteiger partial charge in [-0.15, -0.1) is 0 Å². The molecule has 2 amide bonds. The van der Waals surface area contributed by atoms with Crippen molar-refractivity contribution in [2.24, 2.45) is 25.9 Å². The number of aromatic nitrogens is 5. The first-order valence-corrected chi connectivity index (χ1v) is 26.0. The van der Waals surface area contributed by atoms with Gasteiger partial charge in [0.2, 0.25) is 11.8 Å². The number of pyridine rings is 2. The number of benzene rings is 2. The van der Waals surface area contributed by atoms with E-state index in [2.05, 4.69) is 110 Å². The monoisotopic (exact) mass is 963 g/mol. The number of imide groups is 1. The number of anilines is 1. The molecule has 0 radical (unpaired) electrons. The van der Waals surface area contributed by atoms with Gasteiger partial charge >= 0.3 is 5.69 Å². The maximum atomic E-state index is 13.6. The van der Waals surface area contributed by atoms with Crippen molar-refractivity contribution in [1.29, 1.82) is 0 Å². The highest BCUT2D eigenvalue weighted by Crippen LogP contribution is 2.37. The van der Waals surface area contributed by atoms with Gasteiger partial charge in [0.25, 0.3) is 0 Å². The lowest BCUT2D eigenvalue weighted by molar-refractivity contribution is -0.135. The van der Waals surface area contributed by atoms with E-state index in [1.165, 1.54) is 24.1 Å². The van der Waals surface area contributed by atoms with E-state index in [4.69, 9.17) is 10.1 Å². The van der Waals surface area contributed by atoms with Crippen molar-refractivity contribution in [3.05, 3.63) is 112 Å². The molecule has 15 nitrogen and oxygen atoms in total. The Morgan fingerprint density at radius 3 is 2.34 bits per heavy atom. The summed E-state index contributed by atoms with van der Waals surface area (Å²) in [6, 6.07) is 23.0. The molecule has 7 heterocycles. The Morgan fingerprint density at radius 1 is 0.845 bits per heavy atom. The summed E-state index contributed by atoms with van der Waals surface area (Å²) >= 11 is 0. The third-order valence-corrected chi connectivity index (χ3v) is 16.5. The Kier molecular flexibility index (Phi) is 14.4. The van der Waals surface area contributed by atoms with Gasteiger partial charge in [0.05, 0.1) is 17.6 Å². The maximum absolute atomic E-state index is 13.6. The van der Waals surface area contributed by atoms with Crippen molar-refractivity contribution in [1.82, 2.24) is 43.7 Å². The molecule has 10 rings (SSSR count). The summed E-state index contributed by atoms with van der Waals surface area (Å²) in [5.74, 6) is 1.90. The van der Waals surface area contributed by atoms with Crippen molar-refractivity contribution in [3.63, 3.8) is 0 Å². The zero-order chi connectivity index (χ0) is 49.3. The Balaban J connectivity index is 0.661. The fraction of sp³-hybridized carbons (Fsp3) is 0.500. The van der Waals surface area contributed by atoms with Crippen LogP contribution in [0.25, 0.3) is 33.2 Å². The molecule has 1 aliphatic carbocycles. The molecule has 374 valence electrons. The fourth-order valence-corrected chi connectivity index (χ4v) is 12.3. The van der Waals surface area contributed by atoms with Crippen LogP contribution in [0.4, 0.5) is 5.82 Å². The average molecular weight is 963 g/mol. The highest BCUT2D eigenvalue weighted by atomic mass is 16.3. The molecule has 3 atom stereocenters. The van der Waals surface area contributed by atoms with Gasteiger partial charge in [-0.3, -0.25) is 43.5 Å². The fourth-order valence-electron chi connectivity index (χ4n) is 12.3. The topological polar surface area (TPSA) is 163 Å². The molecule has 3 aliphatic heterocycles. The van der Waals surface area contributed by atoms with Crippen LogP contribution >= 0.6 is 0 Å². The summed E-state index contributed by atoms with van der Waals surface area (Å²) in [7, 11) is 3.86. The quantitative estimate of drug-likeness (QED) is 0.0705. The number of aliphatic hydroxyl groups excluding tert-OH is 1. The molecule has 1 saturated carbocycles. The second-order valence-electron chi connectivity index (χ2n) is 21.0. The molecule has 15 heteroatoms. The van der Waals surface area contributed by atoms with Crippen LogP contribution in [0.1, 0.15) is 117 Å². The van der Waals surface area contributed by atoms with Crippen molar-refractivity contribution < 1.29 is 19.5 Å². The molecule has 4 aromatic heterocycles. The molecule has 4 aliphatic rings. The van der Waals surface area contributed by atoms with E-state index in [1.54, 1.807) is 16.2 Å². The lowest BCUT2D eigenvalue weighted by Crippen LogP contribution is -2.52. The number of amides is 2. The first-order valence-electron chi connectivity index (χ1n) is 26.0. The van der Waals surface area contributed by atoms with Crippen LogP contribution in [-0.2, 0) is 30.2 Å². The Morgan fingerprint density at radius 2 is 1.62 bits per heavy atom. The number of fused-ring (bicyclic) bond motifs is 2. The number of hydrogen-bond acceptors (Lipinski definition) is 11. The number of aliphatic hydroxyl groups is 1. The van der Waals surface area contributed by atoms with Crippen molar-refractivity contribution in [3.8, 4) is 11.1 Å². The zero-order valence-corrected chi connectivity index (χ0v) is 41.9. The van der Waals surface area contributed by atoms with Gasteiger partial charge < -0.3 is 15.0 Å². The average Bonchev–Trinajstić information content (AvgIpc) is 3.85. The van der Waals surface area contributed by atoms with Crippen LogP contribution in [-0.4, -0.2) is 120 Å². The van der Waals surface area contributed by atoms with E-state index in [0.29, 0.717) is 43.2 Å². The third kappa shape index (κ3) is 10.2. The van der Waals surface area contributed by atoms with E-state index in [0.717, 1.165) is 122 Å². The zero-order valence-electron chi connectivity index (χ0n) is 41.9. The van der Waals surface area contributed by atoms with Gasteiger partial charge in [-0.1, -0.05) is 30.3 Å². The lowest BCUT2D eigenvalue weighted by atomic mass is 9.78. The number of carbonyl (C=O) groups is 3. The SMILES string of the molecule is CC1CN(Cc2ccc3c(c2)n(C)c(=O)n3C2CCC(=O)NC2=O)CCN1CC1CCC(CC(=O)c2ccc(C3CCN([C@@H](C)c4cc5c(-c6ccc(NCCO)nc6)ccnc5n4C)CC3)cc2)CC1. The van der Waals surface area contributed by atoms with Crippen molar-refractivity contribution in [2.75, 3.05) is 57.7 Å². The standard InChI is InChI=1S/C56H70N10O5/c1-36-33-63(34-40-9-15-47-50(29-40)62(4)56(71)66(47)48-16-18-53(69)60-55(48)70)26-27-65(36)35-39-7-5-38(6-8-39)30-51(68)43-12-10-41(11-13-43)42-20-24-64(25-21-42)37(2)49-31-46-45(19-22-58-54(46)61(49)3)44-14-17-52(59-32-44)57-23-28-67/h9-15,17,19,22,29,31-32,36-39,42,48,67H,5-8,16,18,20-21,23-28,30,33-35H2,1-4H3,(H,57,59)(H,60,69,70)/t36?,37-,38?,39?,48?/m0/s1. The summed E-state index contributed by atoms with van der Waals surface area (Å²) in [5, 5.41) is 15.8. The molecule has 3 saturated heterocycles. The third-order valence-electron chi connectivity index (χ3n) is 16.5. The molecule has 0 bridgehead atoms. The number of nitrogens with zero attached hydrogens (tertiary/aromatic N) is 8. The summed E-state index contributed by atoms with van der Waals surface area (Å²) in [4.78, 5) is 68.3. The van der Waals surface area contributed by atoms with Crippen LogP contribution < -0.4 is 16.3 Å². The number of Topliss-reactive ketones (excluding diaryl/α,β-unsaturated/α-hetero) is 1. The number of ketones is 1. The van der Waals surface area contributed by atoms with Gasteiger partial charge in [-0.2, -0.15) is 0 Å². The van der Waals surface area contributed by atoms with Gasteiger partial charge in [-0.05, 0) is 143 Å². The predicted molar refractivity (Wildman–Crippen MR) is 277 cm³/mol. The number of piperazine rings is 1. The molecule has 71 heavy (non-hydrogen) atoms. The van der Waals surface area contributed by atoms with E-state index in [1.807, 2.05) is 24.5 Å². The highest BCUT2D eigenvalue weighted by Gasteiger charge is 2.33. The van der Waals surface area contributed by atoms with Crippen LogP contribution in [0, 0.1) is 11.8 Å². The Hall–Kier alpha value is -6.00. The van der Waals surface area contributed by atoms with Crippen LogP contribution in [0.15, 0.2) is 83.9 Å². The molecule has 0 spiro atoms. The number of likely N-dealkylation sites (tertiary alicyclic amines) is 1. The van der Waals surface area contributed by atoms with Gasteiger partial charge in [0.1, 0.15) is 17.5 Å². The second-order valence-corrected chi connectivity index (χ2v) is 21.0. The van der Waals surface area contributed by atoms with Gasteiger partial charge in [0.15, 0.2) is 5.78 Å². The van der Waals surface area contributed by atoms with E-state index >= 15 is 0 Å². The molecular weight excluding hydrogens is 893 g/mol. The van der Waals surface area contributed by atoms with E-state index in [9.17, 15) is 19.2 Å². The smallest absolute Gasteiger partial charge is 0.329 e. The number of rotatable bonds is 15. The normalized spacial score (nSPS) is 22.5. The predicted octanol–water partition coefficient (Wildman–Crippen LogP) is 7.20. The molecule has 4 fully saturated rings. The number of nitrogens with one attached hydrogen (secondary N) is 2. The maximum Gasteiger partial charge on any atom is 0.329 e. The van der Waals surface area contributed by atoms with Gasteiger partial charge in [0, 0.05) is 113 Å². The first-order chi connectivity index (χ1) is 34.4. The van der Waals surface area contributed by atoms with Crippen LogP contribution in [0.3, 0.4) is 0 Å². The van der Waals surface area contributed by atoms with E-state index < -0.39 is 11.9 Å². The largest absolute Gasteiger partial charge is 0.395 e. The summed E-state index contributed by atoms with van der Waals surface area (Å²) in [6.07, 6.45) is 11.7. The summed E-state index contributed by atoms with van der Waals surface area (Å²) < 4.78 is 5.39. The summed E-state index contributed by atoms with van der Waals surface area (Å²) in [6.45, 7) is 12.1. The number of piperidine rings is 2. The molecule has 2 aromatic carbocycles. The van der Waals surface area contributed by atoms with Crippen LogP contribution in [0.5, 0.6) is 0 Å². The minimum atomic E-state index is -0.683. The van der Waals surface area contributed by atoms with Gasteiger partial charge in [-0.25, -0.2) is 14.8 Å². The summed E-state index contributed by atoms with van der Waals surface area (Å²) in [5.41, 5.74) is 8.94. The number of imidazole rings is 1. The number of hydrogen-bond donors (Lipinski definition) is 3. The molecule has 3 N–H and O–H groups in total. The second kappa shape index (κ2) is 21.0.